The third-order valence-corrected chi connectivity index (χ3v) is 3.25. The largest absolute Gasteiger partial charge is 0.449 e. The van der Waals surface area contributed by atoms with Gasteiger partial charge in [-0.25, -0.2) is 0 Å². The average molecular weight is 376 g/mol. The van der Waals surface area contributed by atoms with E-state index in [1.165, 1.54) is 6.07 Å². The maximum Gasteiger partial charge on any atom is 0.311 e. The molecule has 0 saturated carbocycles. The van der Waals surface area contributed by atoms with Crippen LogP contribution in [-0.2, 0) is 0 Å². The van der Waals surface area contributed by atoms with Crippen LogP contribution in [0.2, 0.25) is 5.02 Å². The van der Waals surface area contributed by atoms with Gasteiger partial charge in [-0.2, -0.15) is 0 Å². The number of para-hydroxylation sites is 2. The Kier molecular flexibility index (Phi) is 4.03. The van der Waals surface area contributed by atoms with E-state index in [1.54, 1.807) is 36.4 Å². The Morgan fingerprint density at radius 2 is 1.89 bits per heavy atom. The van der Waals surface area contributed by atoms with E-state index in [9.17, 15) is 10.1 Å². The van der Waals surface area contributed by atoms with Gasteiger partial charge >= 0.3 is 5.69 Å². The van der Waals surface area contributed by atoms with Crippen LogP contribution in [0.1, 0.15) is 0 Å². The van der Waals surface area contributed by atoms with Crippen molar-refractivity contribution in [2.45, 2.75) is 0 Å². The predicted octanol–water partition coefficient (Wildman–Crippen LogP) is 4.65. The van der Waals surface area contributed by atoms with E-state index >= 15 is 0 Å². The van der Waals surface area contributed by atoms with Gasteiger partial charge in [-0.05, 0) is 46.9 Å². The molecule has 4 nitrogen and oxygen atoms in total. The fourth-order valence-electron chi connectivity index (χ4n) is 1.37. The Balaban J connectivity index is 2.37. The first-order chi connectivity index (χ1) is 8.58. The van der Waals surface area contributed by atoms with Crippen molar-refractivity contribution in [3.63, 3.8) is 0 Å². The molecule has 2 aromatic rings. The Hall–Kier alpha value is -1.34. The number of nitro groups is 1. The molecule has 0 aliphatic carbocycles. The standard InChI is InChI=1S/C12H7ClINO3/c13-8-5-6-11(9(14)7-8)18-12-4-2-1-3-10(12)15(16)17/h1-7H. The molecule has 6 heteroatoms. The topological polar surface area (TPSA) is 52.4 Å². The lowest BCUT2D eigenvalue weighted by molar-refractivity contribution is -0.385. The fourth-order valence-corrected chi connectivity index (χ4v) is 2.35. The summed E-state index contributed by atoms with van der Waals surface area (Å²) in [6.45, 7) is 0. The van der Waals surface area contributed by atoms with Crippen LogP contribution in [0.25, 0.3) is 0 Å². The zero-order valence-electron chi connectivity index (χ0n) is 8.97. The minimum atomic E-state index is -0.474. The Labute approximate surface area is 122 Å². The van der Waals surface area contributed by atoms with Crippen LogP contribution >= 0.6 is 34.2 Å². The smallest absolute Gasteiger partial charge is 0.311 e. The summed E-state index contributed by atoms with van der Waals surface area (Å²) in [5.74, 6) is 0.747. The van der Waals surface area contributed by atoms with Gasteiger partial charge in [0.15, 0.2) is 0 Å². The highest BCUT2D eigenvalue weighted by molar-refractivity contribution is 14.1. The van der Waals surface area contributed by atoms with Gasteiger partial charge in [0, 0.05) is 11.1 Å². The molecule has 2 aromatic carbocycles. The fraction of sp³-hybridized carbons (Fsp3) is 0. The number of benzene rings is 2. The highest BCUT2D eigenvalue weighted by atomic mass is 127. The molecule has 92 valence electrons. The highest BCUT2D eigenvalue weighted by Crippen LogP contribution is 2.33. The van der Waals surface area contributed by atoms with Gasteiger partial charge in [-0.3, -0.25) is 10.1 Å². The molecule has 0 aromatic heterocycles. The molecule has 0 fully saturated rings. The lowest BCUT2D eigenvalue weighted by Gasteiger charge is -2.08. The third-order valence-electron chi connectivity index (χ3n) is 2.18. The molecule has 0 spiro atoms. The number of nitro benzene ring substituents is 1. The minimum Gasteiger partial charge on any atom is -0.449 e. The molecular formula is C12H7ClINO3. The van der Waals surface area contributed by atoms with Gasteiger partial charge in [-0.15, -0.1) is 0 Å². The molecule has 0 aliphatic rings. The summed E-state index contributed by atoms with van der Waals surface area (Å²) < 4.78 is 6.34. The number of halogens is 2. The number of ether oxygens (including phenoxy) is 1. The third kappa shape index (κ3) is 2.91. The molecule has 0 atom stereocenters. The van der Waals surface area contributed by atoms with Crippen molar-refractivity contribution in [2.24, 2.45) is 0 Å². The van der Waals surface area contributed by atoms with Crippen LogP contribution in [0.4, 0.5) is 5.69 Å². The van der Waals surface area contributed by atoms with E-state index in [0.717, 1.165) is 3.57 Å². The maximum absolute atomic E-state index is 10.9. The van der Waals surface area contributed by atoms with Crippen LogP contribution in [0, 0.1) is 13.7 Å². The van der Waals surface area contributed by atoms with Crippen LogP contribution in [0.5, 0.6) is 11.5 Å². The quantitative estimate of drug-likeness (QED) is 0.446. The van der Waals surface area contributed by atoms with Crippen molar-refractivity contribution in [1.29, 1.82) is 0 Å². The summed E-state index contributed by atoms with van der Waals surface area (Å²) in [4.78, 5) is 10.4. The lowest BCUT2D eigenvalue weighted by Crippen LogP contribution is -1.94. The van der Waals surface area contributed by atoms with Crippen molar-refractivity contribution < 1.29 is 9.66 Å². The minimum absolute atomic E-state index is 0.0664. The molecule has 2 rings (SSSR count). The predicted molar refractivity (Wildman–Crippen MR) is 77.3 cm³/mol. The van der Waals surface area contributed by atoms with Crippen LogP contribution in [0.3, 0.4) is 0 Å². The van der Waals surface area contributed by atoms with Gasteiger partial charge in [0.1, 0.15) is 5.75 Å². The summed E-state index contributed by atoms with van der Waals surface area (Å²) in [5, 5.41) is 11.4. The SMILES string of the molecule is O=[N+]([O-])c1ccccc1Oc1ccc(Cl)cc1I. The molecule has 0 aliphatic heterocycles. The summed E-state index contributed by atoms with van der Waals surface area (Å²) in [7, 11) is 0. The van der Waals surface area contributed by atoms with Gasteiger partial charge in [0.05, 0.1) is 8.49 Å². The molecule has 0 unspecified atom stereocenters. The van der Waals surface area contributed by atoms with E-state index in [0.29, 0.717) is 10.8 Å². The Bertz CT molecular complexity index is 604. The average Bonchev–Trinajstić information content (AvgIpc) is 2.33. The second-order valence-electron chi connectivity index (χ2n) is 3.40. The monoisotopic (exact) mass is 375 g/mol. The van der Waals surface area contributed by atoms with Gasteiger partial charge < -0.3 is 4.74 Å². The normalized spacial score (nSPS) is 10.1. The second kappa shape index (κ2) is 5.53. The second-order valence-corrected chi connectivity index (χ2v) is 5.00. The molecule has 18 heavy (non-hydrogen) atoms. The summed E-state index contributed by atoms with van der Waals surface area (Å²) >= 11 is 7.90. The van der Waals surface area contributed by atoms with Crippen molar-refractivity contribution in [1.82, 2.24) is 0 Å². The zero-order valence-corrected chi connectivity index (χ0v) is 11.9. The van der Waals surface area contributed by atoms with E-state index in [-0.39, 0.29) is 11.4 Å². The van der Waals surface area contributed by atoms with Crippen LogP contribution < -0.4 is 4.74 Å². The molecule has 0 bridgehead atoms. The zero-order chi connectivity index (χ0) is 13.1. The van der Waals surface area contributed by atoms with Gasteiger partial charge in [0.25, 0.3) is 0 Å². The Morgan fingerprint density at radius 3 is 2.56 bits per heavy atom. The Morgan fingerprint density at radius 1 is 1.17 bits per heavy atom. The number of nitrogens with zero attached hydrogens (tertiary/aromatic N) is 1. The molecule has 0 radical (unpaired) electrons. The molecule has 0 amide bonds. The van der Waals surface area contributed by atoms with Gasteiger partial charge in [-0.1, -0.05) is 23.7 Å². The van der Waals surface area contributed by atoms with Crippen LogP contribution in [-0.4, -0.2) is 4.92 Å². The first-order valence-electron chi connectivity index (χ1n) is 4.94. The highest BCUT2D eigenvalue weighted by Gasteiger charge is 2.15. The summed E-state index contributed by atoms with van der Waals surface area (Å²) in [6, 6.07) is 11.3. The maximum atomic E-state index is 10.9. The molecule has 0 heterocycles. The van der Waals surface area contributed by atoms with Crippen molar-refractivity contribution in [3.8, 4) is 11.5 Å². The van der Waals surface area contributed by atoms with E-state index in [2.05, 4.69) is 22.6 Å². The van der Waals surface area contributed by atoms with E-state index in [1.807, 2.05) is 0 Å². The first-order valence-corrected chi connectivity index (χ1v) is 6.40. The van der Waals surface area contributed by atoms with Gasteiger partial charge in [0.2, 0.25) is 5.75 Å². The molecule has 0 N–H and O–H groups in total. The summed E-state index contributed by atoms with van der Waals surface area (Å²) in [5.41, 5.74) is -0.0664. The van der Waals surface area contributed by atoms with Crippen molar-refractivity contribution in [2.75, 3.05) is 0 Å². The van der Waals surface area contributed by atoms with E-state index < -0.39 is 4.92 Å². The van der Waals surface area contributed by atoms with Crippen molar-refractivity contribution in [3.05, 3.63) is 61.2 Å². The van der Waals surface area contributed by atoms with E-state index in [4.69, 9.17) is 16.3 Å². The number of rotatable bonds is 3. The first kappa shape index (κ1) is 13.1. The summed E-state index contributed by atoms with van der Waals surface area (Å²) in [6.07, 6.45) is 0. The lowest BCUT2D eigenvalue weighted by atomic mass is 10.3. The van der Waals surface area contributed by atoms with Crippen LogP contribution in [0.15, 0.2) is 42.5 Å². The molecule has 0 saturated heterocycles. The number of hydrogen-bond donors (Lipinski definition) is 0. The van der Waals surface area contributed by atoms with Crippen molar-refractivity contribution >= 4 is 39.9 Å². The number of hydrogen-bond acceptors (Lipinski definition) is 3. The molecular weight excluding hydrogens is 368 g/mol.